The molecule has 1 heterocycles. The molecule has 0 saturated heterocycles. The SMILES string of the molecule is CCOC(=O)C(NC1CCCC1)c1c(C)nn(C)c1OC. The van der Waals surface area contributed by atoms with Crippen molar-refractivity contribution in [3.05, 3.63) is 11.3 Å². The number of nitrogens with one attached hydrogen (secondary N) is 1. The number of carbonyl (C=O) groups is 1. The summed E-state index contributed by atoms with van der Waals surface area (Å²) in [5.74, 6) is 0.342. The maximum Gasteiger partial charge on any atom is 0.328 e. The van der Waals surface area contributed by atoms with E-state index in [1.165, 1.54) is 12.8 Å². The number of ether oxygens (including phenoxy) is 2. The molecular formula is C15H25N3O3. The van der Waals surface area contributed by atoms with Crippen molar-refractivity contribution in [2.75, 3.05) is 13.7 Å². The van der Waals surface area contributed by atoms with Crippen molar-refractivity contribution >= 4 is 5.97 Å². The average Bonchev–Trinajstić information content (AvgIpc) is 3.04. The first-order valence-electron chi connectivity index (χ1n) is 7.58. The first-order valence-corrected chi connectivity index (χ1v) is 7.58. The molecule has 1 aromatic heterocycles. The van der Waals surface area contributed by atoms with Gasteiger partial charge in [0.05, 0.1) is 25.0 Å². The fourth-order valence-corrected chi connectivity index (χ4v) is 3.05. The Balaban J connectivity index is 2.31. The standard InChI is InChI=1S/C15H25N3O3/c1-5-21-15(19)13(16-11-8-6-7-9-11)12-10(2)17-18(3)14(12)20-4/h11,13,16H,5-9H2,1-4H3. The van der Waals surface area contributed by atoms with Crippen LogP contribution in [0, 0.1) is 6.92 Å². The molecule has 1 aromatic rings. The van der Waals surface area contributed by atoms with Crippen molar-refractivity contribution in [2.45, 2.75) is 51.6 Å². The molecule has 0 spiro atoms. The lowest BCUT2D eigenvalue weighted by Crippen LogP contribution is -2.37. The molecule has 6 heteroatoms. The molecule has 0 bridgehead atoms. The number of methoxy groups -OCH3 is 1. The van der Waals surface area contributed by atoms with Gasteiger partial charge in [0.25, 0.3) is 0 Å². The number of esters is 1. The van der Waals surface area contributed by atoms with Gasteiger partial charge in [-0.05, 0) is 26.7 Å². The smallest absolute Gasteiger partial charge is 0.328 e. The normalized spacial score (nSPS) is 17.0. The zero-order valence-corrected chi connectivity index (χ0v) is 13.3. The zero-order valence-electron chi connectivity index (χ0n) is 13.3. The summed E-state index contributed by atoms with van der Waals surface area (Å²) in [6.45, 7) is 4.07. The number of nitrogens with zero attached hydrogens (tertiary/aromatic N) is 2. The zero-order chi connectivity index (χ0) is 15.4. The van der Waals surface area contributed by atoms with Crippen molar-refractivity contribution in [1.82, 2.24) is 15.1 Å². The van der Waals surface area contributed by atoms with Crippen LogP contribution in [0.15, 0.2) is 0 Å². The molecule has 1 saturated carbocycles. The second kappa shape index (κ2) is 6.93. The maximum absolute atomic E-state index is 12.4. The molecule has 0 amide bonds. The van der Waals surface area contributed by atoms with Gasteiger partial charge < -0.3 is 9.47 Å². The number of aromatic nitrogens is 2. The lowest BCUT2D eigenvalue weighted by atomic mass is 10.1. The molecule has 6 nitrogen and oxygen atoms in total. The number of hydrogen-bond acceptors (Lipinski definition) is 5. The highest BCUT2D eigenvalue weighted by Crippen LogP contribution is 2.31. The lowest BCUT2D eigenvalue weighted by molar-refractivity contribution is -0.146. The highest BCUT2D eigenvalue weighted by atomic mass is 16.5. The van der Waals surface area contributed by atoms with Crippen molar-refractivity contribution < 1.29 is 14.3 Å². The monoisotopic (exact) mass is 295 g/mol. The van der Waals surface area contributed by atoms with E-state index in [2.05, 4.69) is 10.4 Å². The Morgan fingerprint density at radius 2 is 2.14 bits per heavy atom. The maximum atomic E-state index is 12.4. The summed E-state index contributed by atoms with van der Waals surface area (Å²) in [5.41, 5.74) is 1.57. The molecule has 118 valence electrons. The summed E-state index contributed by atoms with van der Waals surface area (Å²) >= 11 is 0. The van der Waals surface area contributed by atoms with Crippen LogP contribution in [-0.2, 0) is 16.6 Å². The van der Waals surface area contributed by atoms with Gasteiger partial charge in [-0.1, -0.05) is 12.8 Å². The van der Waals surface area contributed by atoms with Crippen LogP contribution in [0.1, 0.15) is 49.9 Å². The molecule has 0 aliphatic heterocycles. The van der Waals surface area contributed by atoms with Crippen LogP contribution in [0.25, 0.3) is 0 Å². The molecular weight excluding hydrogens is 270 g/mol. The third-order valence-electron chi connectivity index (χ3n) is 3.98. The second-order valence-corrected chi connectivity index (χ2v) is 5.47. The van der Waals surface area contributed by atoms with E-state index in [1.807, 2.05) is 20.9 Å². The number of hydrogen-bond donors (Lipinski definition) is 1. The Kier molecular flexibility index (Phi) is 5.22. The van der Waals surface area contributed by atoms with Gasteiger partial charge in [-0.15, -0.1) is 0 Å². The molecule has 1 atom stereocenters. The Hall–Kier alpha value is -1.56. The molecule has 1 fully saturated rings. The van der Waals surface area contributed by atoms with Crippen LogP contribution in [0.3, 0.4) is 0 Å². The summed E-state index contributed by atoms with van der Waals surface area (Å²) in [5, 5.41) is 7.80. The minimum absolute atomic E-state index is 0.265. The topological polar surface area (TPSA) is 65.4 Å². The van der Waals surface area contributed by atoms with Crippen LogP contribution < -0.4 is 10.1 Å². The van der Waals surface area contributed by atoms with Gasteiger partial charge in [-0.3, -0.25) is 5.32 Å². The largest absolute Gasteiger partial charge is 0.481 e. The van der Waals surface area contributed by atoms with Gasteiger partial charge >= 0.3 is 5.97 Å². The summed E-state index contributed by atoms with van der Waals surface area (Å²) in [6, 6.07) is -0.166. The van der Waals surface area contributed by atoms with Crippen LogP contribution in [-0.4, -0.2) is 35.5 Å². The summed E-state index contributed by atoms with van der Waals surface area (Å²) in [4.78, 5) is 12.4. The van der Waals surface area contributed by atoms with Crippen LogP contribution >= 0.6 is 0 Å². The highest BCUT2D eigenvalue weighted by Gasteiger charge is 2.32. The Morgan fingerprint density at radius 3 is 2.71 bits per heavy atom. The first kappa shape index (κ1) is 15.8. The third kappa shape index (κ3) is 3.37. The Bertz CT molecular complexity index is 493. The molecule has 1 unspecified atom stereocenters. The van der Waals surface area contributed by atoms with E-state index in [0.717, 1.165) is 24.1 Å². The molecule has 2 rings (SSSR count). The van der Waals surface area contributed by atoms with Crippen molar-refractivity contribution in [3.63, 3.8) is 0 Å². The van der Waals surface area contributed by atoms with Crippen molar-refractivity contribution in [1.29, 1.82) is 0 Å². The van der Waals surface area contributed by atoms with Gasteiger partial charge in [0.1, 0.15) is 6.04 Å². The van der Waals surface area contributed by atoms with Crippen LogP contribution in [0.4, 0.5) is 0 Å². The number of aryl methyl sites for hydroxylation is 2. The summed E-state index contributed by atoms with van der Waals surface area (Å²) in [6.07, 6.45) is 4.60. The van der Waals surface area contributed by atoms with Crippen LogP contribution in [0.2, 0.25) is 0 Å². The fourth-order valence-electron chi connectivity index (χ4n) is 3.05. The fraction of sp³-hybridized carbons (Fsp3) is 0.733. The van der Waals surface area contributed by atoms with E-state index in [0.29, 0.717) is 18.5 Å². The molecule has 1 aliphatic rings. The minimum Gasteiger partial charge on any atom is -0.481 e. The Labute approximate surface area is 125 Å². The number of rotatable bonds is 6. The van der Waals surface area contributed by atoms with E-state index in [-0.39, 0.29) is 5.97 Å². The summed E-state index contributed by atoms with van der Waals surface area (Å²) < 4.78 is 12.3. The van der Waals surface area contributed by atoms with E-state index in [4.69, 9.17) is 9.47 Å². The molecule has 0 radical (unpaired) electrons. The van der Waals surface area contributed by atoms with Gasteiger partial charge in [0.2, 0.25) is 5.88 Å². The first-order chi connectivity index (χ1) is 10.1. The van der Waals surface area contributed by atoms with Gasteiger partial charge in [-0.2, -0.15) is 5.10 Å². The highest BCUT2D eigenvalue weighted by molar-refractivity contribution is 5.79. The van der Waals surface area contributed by atoms with Gasteiger partial charge in [0, 0.05) is 13.1 Å². The second-order valence-electron chi connectivity index (χ2n) is 5.47. The van der Waals surface area contributed by atoms with E-state index >= 15 is 0 Å². The lowest BCUT2D eigenvalue weighted by Gasteiger charge is -2.22. The molecule has 21 heavy (non-hydrogen) atoms. The molecule has 1 N–H and O–H groups in total. The van der Waals surface area contributed by atoms with Crippen molar-refractivity contribution in [2.24, 2.45) is 7.05 Å². The average molecular weight is 295 g/mol. The Morgan fingerprint density at radius 1 is 1.48 bits per heavy atom. The molecule has 0 aromatic carbocycles. The minimum atomic E-state index is -0.517. The van der Waals surface area contributed by atoms with E-state index in [9.17, 15) is 4.79 Å². The van der Waals surface area contributed by atoms with Gasteiger partial charge in [-0.25, -0.2) is 9.48 Å². The van der Waals surface area contributed by atoms with E-state index in [1.54, 1.807) is 11.8 Å². The van der Waals surface area contributed by atoms with Crippen molar-refractivity contribution in [3.8, 4) is 5.88 Å². The predicted octanol–water partition coefficient (Wildman–Crippen LogP) is 1.87. The number of carbonyl (C=O) groups excluding carboxylic acids is 1. The third-order valence-corrected chi connectivity index (χ3v) is 3.98. The van der Waals surface area contributed by atoms with E-state index < -0.39 is 6.04 Å². The van der Waals surface area contributed by atoms with Crippen LogP contribution in [0.5, 0.6) is 5.88 Å². The summed E-state index contributed by atoms with van der Waals surface area (Å²) in [7, 11) is 3.41. The predicted molar refractivity (Wildman–Crippen MR) is 79.3 cm³/mol. The quantitative estimate of drug-likeness (QED) is 0.812. The van der Waals surface area contributed by atoms with Gasteiger partial charge in [0.15, 0.2) is 0 Å². The molecule has 1 aliphatic carbocycles.